The maximum absolute atomic E-state index is 13.7. The Balaban J connectivity index is 1.79. The molecule has 0 saturated heterocycles. The standard InChI is InChI=1S/C22H16FN/c1-16-2-4-17(5-3-16)6-7-18-8-10-19(11-9-18)20-12-13-21(15-24)22(23)14-20/h2,4,8-14H,3,5H2,1H3. The predicted molar refractivity (Wildman–Crippen MR) is 94.5 cm³/mol. The topological polar surface area (TPSA) is 23.8 Å². The molecule has 0 aliphatic heterocycles. The predicted octanol–water partition coefficient (Wildman–Crippen LogP) is 5.38. The van der Waals surface area contributed by atoms with Crippen molar-refractivity contribution in [2.45, 2.75) is 19.8 Å². The van der Waals surface area contributed by atoms with E-state index in [0.29, 0.717) is 0 Å². The van der Waals surface area contributed by atoms with Gasteiger partial charge in [-0.2, -0.15) is 5.26 Å². The van der Waals surface area contributed by atoms with Crippen molar-refractivity contribution in [1.29, 1.82) is 5.26 Å². The molecule has 2 heteroatoms. The Morgan fingerprint density at radius 3 is 2.29 bits per heavy atom. The number of rotatable bonds is 1. The van der Waals surface area contributed by atoms with Gasteiger partial charge in [-0.3, -0.25) is 0 Å². The Morgan fingerprint density at radius 2 is 1.67 bits per heavy atom. The van der Waals surface area contributed by atoms with Crippen molar-refractivity contribution in [1.82, 2.24) is 0 Å². The van der Waals surface area contributed by atoms with Crippen LogP contribution in [-0.4, -0.2) is 0 Å². The first-order chi connectivity index (χ1) is 11.7. The van der Waals surface area contributed by atoms with Crippen molar-refractivity contribution in [2.24, 2.45) is 0 Å². The van der Waals surface area contributed by atoms with Crippen LogP contribution in [0.5, 0.6) is 0 Å². The third-order valence-corrected chi connectivity index (χ3v) is 4.03. The summed E-state index contributed by atoms with van der Waals surface area (Å²) >= 11 is 0. The second-order valence-corrected chi connectivity index (χ2v) is 5.84. The van der Waals surface area contributed by atoms with Crippen molar-refractivity contribution < 1.29 is 4.39 Å². The Labute approximate surface area is 141 Å². The van der Waals surface area contributed by atoms with Gasteiger partial charge in [0, 0.05) is 11.1 Å². The largest absolute Gasteiger partial charge is 0.206 e. The first-order valence-corrected chi connectivity index (χ1v) is 7.84. The summed E-state index contributed by atoms with van der Waals surface area (Å²) < 4.78 is 13.7. The van der Waals surface area contributed by atoms with Gasteiger partial charge in [0.15, 0.2) is 0 Å². The highest BCUT2D eigenvalue weighted by atomic mass is 19.1. The van der Waals surface area contributed by atoms with Crippen molar-refractivity contribution >= 4 is 0 Å². The maximum atomic E-state index is 13.7. The fourth-order valence-corrected chi connectivity index (χ4v) is 2.53. The van der Waals surface area contributed by atoms with Crippen molar-refractivity contribution in [3.63, 3.8) is 0 Å². The summed E-state index contributed by atoms with van der Waals surface area (Å²) in [4.78, 5) is 0. The molecule has 0 amide bonds. The van der Waals surface area contributed by atoms with Crippen LogP contribution in [0.3, 0.4) is 0 Å². The lowest BCUT2D eigenvalue weighted by atomic mass is 9.99. The molecule has 2 aromatic carbocycles. The number of nitriles is 1. The van der Waals surface area contributed by atoms with E-state index in [9.17, 15) is 4.39 Å². The molecule has 3 rings (SSSR count). The van der Waals surface area contributed by atoms with E-state index in [1.807, 2.05) is 30.3 Å². The number of nitrogens with zero attached hydrogens (tertiary/aromatic N) is 1. The van der Waals surface area contributed by atoms with Gasteiger partial charge >= 0.3 is 0 Å². The molecule has 0 N–H and O–H groups in total. The van der Waals surface area contributed by atoms with Crippen LogP contribution < -0.4 is 0 Å². The van der Waals surface area contributed by atoms with Crippen LogP contribution in [-0.2, 0) is 0 Å². The number of allylic oxidation sites excluding steroid dienone is 4. The third-order valence-electron chi connectivity index (χ3n) is 4.03. The highest BCUT2D eigenvalue weighted by Gasteiger charge is 2.04. The van der Waals surface area contributed by atoms with Gasteiger partial charge in [0.05, 0.1) is 5.56 Å². The van der Waals surface area contributed by atoms with Gasteiger partial charge < -0.3 is 0 Å². The maximum Gasteiger partial charge on any atom is 0.141 e. The van der Waals surface area contributed by atoms with Crippen molar-refractivity contribution in [2.75, 3.05) is 0 Å². The molecule has 0 aromatic heterocycles. The lowest BCUT2D eigenvalue weighted by Gasteiger charge is -2.06. The van der Waals surface area contributed by atoms with Gasteiger partial charge in [0.2, 0.25) is 0 Å². The Morgan fingerprint density at radius 1 is 0.917 bits per heavy atom. The third kappa shape index (κ3) is 3.62. The molecule has 1 nitrogen and oxygen atoms in total. The van der Waals surface area contributed by atoms with Gasteiger partial charge in [-0.25, -0.2) is 4.39 Å². The molecule has 0 bridgehead atoms. The quantitative estimate of drug-likeness (QED) is 0.648. The summed E-state index contributed by atoms with van der Waals surface area (Å²) in [6.45, 7) is 2.13. The first kappa shape index (κ1) is 15.8. The number of hydrogen-bond acceptors (Lipinski definition) is 1. The molecular weight excluding hydrogens is 297 g/mol. The van der Waals surface area contributed by atoms with E-state index in [1.165, 1.54) is 17.7 Å². The molecule has 0 saturated carbocycles. The Kier molecular flexibility index (Phi) is 4.59. The minimum Gasteiger partial charge on any atom is -0.206 e. The zero-order valence-corrected chi connectivity index (χ0v) is 13.4. The van der Waals surface area contributed by atoms with E-state index < -0.39 is 5.82 Å². The molecule has 0 heterocycles. The molecule has 1 aliphatic carbocycles. The first-order valence-electron chi connectivity index (χ1n) is 7.84. The Bertz CT molecular complexity index is 929. The van der Waals surface area contributed by atoms with Crippen LogP contribution in [0.25, 0.3) is 11.1 Å². The molecular formula is C22H16FN. The average molecular weight is 313 g/mol. The van der Waals surface area contributed by atoms with E-state index in [-0.39, 0.29) is 5.56 Å². The van der Waals surface area contributed by atoms with Crippen LogP contribution in [0.2, 0.25) is 0 Å². The van der Waals surface area contributed by atoms with Gasteiger partial charge in [0.1, 0.15) is 11.9 Å². The molecule has 24 heavy (non-hydrogen) atoms. The average Bonchev–Trinajstić information content (AvgIpc) is 2.61. The molecule has 0 fully saturated rings. The number of benzene rings is 2. The lowest BCUT2D eigenvalue weighted by molar-refractivity contribution is 0.624. The molecule has 0 unspecified atom stereocenters. The monoisotopic (exact) mass is 313 g/mol. The summed E-state index contributed by atoms with van der Waals surface area (Å²) in [7, 11) is 0. The van der Waals surface area contributed by atoms with E-state index in [4.69, 9.17) is 5.26 Å². The fraction of sp³-hybridized carbons (Fsp3) is 0.136. The second-order valence-electron chi connectivity index (χ2n) is 5.84. The molecule has 0 atom stereocenters. The van der Waals surface area contributed by atoms with E-state index in [2.05, 4.69) is 30.9 Å². The molecule has 2 aromatic rings. The molecule has 116 valence electrons. The normalized spacial score (nSPS) is 13.2. The Hall–Kier alpha value is -3.10. The van der Waals surface area contributed by atoms with Crippen LogP contribution in [0.15, 0.2) is 65.8 Å². The lowest BCUT2D eigenvalue weighted by Crippen LogP contribution is -1.88. The zero-order valence-electron chi connectivity index (χ0n) is 13.4. The van der Waals surface area contributed by atoms with E-state index in [0.717, 1.165) is 35.1 Å². The van der Waals surface area contributed by atoms with Crippen molar-refractivity contribution in [3.05, 3.63) is 82.7 Å². The minimum absolute atomic E-state index is 0.0614. The molecule has 0 radical (unpaired) electrons. The van der Waals surface area contributed by atoms with Crippen molar-refractivity contribution in [3.8, 4) is 29.0 Å². The smallest absolute Gasteiger partial charge is 0.141 e. The van der Waals surface area contributed by atoms with Crippen LogP contribution in [0.4, 0.5) is 4.39 Å². The van der Waals surface area contributed by atoms with Gasteiger partial charge in [0.25, 0.3) is 0 Å². The number of halogens is 1. The van der Waals surface area contributed by atoms with Gasteiger partial charge in [-0.05, 0) is 55.2 Å². The summed E-state index contributed by atoms with van der Waals surface area (Å²) in [6, 6.07) is 14.2. The van der Waals surface area contributed by atoms with Crippen LogP contribution in [0.1, 0.15) is 30.9 Å². The van der Waals surface area contributed by atoms with Gasteiger partial charge in [-0.1, -0.05) is 47.8 Å². The summed E-state index contributed by atoms with van der Waals surface area (Å²) in [6.07, 6.45) is 6.28. The zero-order chi connectivity index (χ0) is 16.9. The fourth-order valence-electron chi connectivity index (χ4n) is 2.53. The highest BCUT2D eigenvalue weighted by molar-refractivity contribution is 5.65. The summed E-state index contributed by atoms with van der Waals surface area (Å²) in [5.41, 5.74) is 5.19. The minimum atomic E-state index is -0.494. The van der Waals surface area contributed by atoms with Gasteiger partial charge in [-0.15, -0.1) is 0 Å². The van der Waals surface area contributed by atoms with Crippen LogP contribution >= 0.6 is 0 Å². The molecule has 1 aliphatic rings. The highest BCUT2D eigenvalue weighted by Crippen LogP contribution is 2.22. The summed E-state index contributed by atoms with van der Waals surface area (Å²) in [5, 5.41) is 8.78. The molecule has 0 spiro atoms. The van der Waals surface area contributed by atoms with E-state index >= 15 is 0 Å². The second kappa shape index (κ2) is 6.99. The SMILES string of the molecule is CC1=CC=C(C#Cc2ccc(-c3ccc(C#N)c(F)c3)cc2)CC1. The van der Waals surface area contributed by atoms with E-state index in [1.54, 1.807) is 6.07 Å². The summed E-state index contributed by atoms with van der Waals surface area (Å²) in [5.74, 6) is 5.89. The van der Waals surface area contributed by atoms with Crippen LogP contribution in [0, 0.1) is 29.0 Å². The number of hydrogen-bond donors (Lipinski definition) is 0.